The first-order chi connectivity index (χ1) is 10.3. The lowest BCUT2D eigenvalue weighted by atomic mass is 10.1. The van der Waals surface area contributed by atoms with Crippen LogP contribution in [0.15, 0.2) is 24.4 Å². The van der Waals surface area contributed by atoms with Gasteiger partial charge in [-0.05, 0) is 24.1 Å². The number of piperazine rings is 1. The molecular formula is C16H22ClN3O. The number of benzene rings is 1. The first kappa shape index (κ1) is 14.9. The van der Waals surface area contributed by atoms with Crippen LogP contribution in [0.3, 0.4) is 0 Å². The highest BCUT2D eigenvalue weighted by Gasteiger charge is 2.12. The van der Waals surface area contributed by atoms with Crippen molar-refractivity contribution in [2.24, 2.45) is 0 Å². The summed E-state index contributed by atoms with van der Waals surface area (Å²) in [5.41, 5.74) is 2.46. The van der Waals surface area contributed by atoms with Crippen LogP contribution < -0.4 is 5.32 Å². The fourth-order valence-corrected chi connectivity index (χ4v) is 3.21. The van der Waals surface area contributed by atoms with E-state index in [-0.39, 0.29) is 6.61 Å². The van der Waals surface area contributed by atoms with Gasteiger partial charge in [-0.1, -0.05) is 17.7 Å². The smallest absolute Gasteiger partial charge is 0.0610 e. The van der Waals surface area contributed by atoms with E-state index < -0.39 is 0 Å². The second-order valence-corrected chi connectivity index (χ2v) is 6.01. The van der Waals surface area contributed by atoms with Gasteiger partial charge >= 0.3 is 0 Å². The molecule has 0 spiro atoms. The number of nitrogens with zero attached hydrogens (tertiary/aromatic N) is 2. The number of hydrogen-bond acceptors (Lipinski definition) is 3. The van der Waals surface area contributed by atoms with E-state index in [4.69, 9.17) is 11.6 Å². The molecule has 0 aliphatic carbocycles. The first-order valence-corrected chi connectivity index (χ1v) is 7.97. The van der Waals surface area contributed by atoms with Gasteiger partial charge in [0.2, 0.25) is 0 Å². The van der Waals surface area contributed by atoms with E-state index in [0.29, 0.717) is 6.54 Å². The van der Waals surface area contributed by atoms with Gasteiger partial charge in [0.15, 0.2) is 0 Å². The third-order valence-corrected chi connectivity index (χ3v) is 4.41. The molecule has 3 rings (SSSR count). The molecule has 0 radical (unpaired) electrons. The predicted octanol–water partition coefficient (Wildman–Crippen LogP) is 1.73. The zero-order chi connectivity index (χ0) is 14.7. The first-order valence-electron chi connectivity index (χ1n) is 7.59. The molecule has 1 aliphatic heterocycles. The summed E-state index contributed by atoms with van der Waals surface area (Å²) in [6.45, 7) is 6.27. The molecule has 1 aliphatic rings. The van der Waals surface area contributed by atoms with E-state index in [9.17, 15) is 5.11 Å². The van der Waals surface area contributed by atoms with Crippen LogP contribution in [-0.2, 0) is 13.0 Å². The molecule has 0 amide bonds. The van der Waals surface area contributed by atoms with Crippen LogP contribution in [0.25, 0.3) is 10.9 Å². The summed E-state index contributed by atoms with van der Waals surface area (Å²) in [5.74, 6) is 0. The topological polar surface area (TPSA) is 40.4 Å². The molecule has 0 bridgehead atoms. The van der Waals surface area contributed by atoms with Crippen molar-refractivity contribution >= 4 is 22.5 Å². The van der Waals surface area contributed by atoms with Gasteiger partial charge in [-0.2, -0.15) is 0 Å². The number of rotatable bonds is 5. The van der Waals surface area contributed by atoms with Crippen LogP contribution >= 0.6 is 11.6 Å². The molecule has 114 valence electrons. The predicted molar refractivity (Wildman–Crippen MR) is 87.0 cm³/mol. The SMILES string of the molecule is OCCn1cc(CCN2CCNCC2)c2ccc(Cl)cc21. The summed E-state index contributed by atoms with van der Waals surface area (Å²) < 4.78 is 2.11. The largest absolute Gasteiger partial charge is 0.395 e. The highest BCUT2D eigenvalue weighted by Crippen LogP contribution is 2.25. The molecule has 1 fully saturated rings. The molecular weight excluding hydrogens is 286 g/mol. The Morgan fingerprint density at radius 3 is 2.76 bits per heavy atom. The van der Waals surface area contributed by atoms with Gasteiger partial charge in [0.1, 0.15) is 0 Å². The molecule has 1 aromatic carbocycles. The summed E-state index contributed by atoms with van der Waals surface area (Å²) in [5, 5.41) is 14.6. The van der Waals surface area contributed by atoms with E-state index in [0.717, 1.165) is 49.7 Å². The average Bonchev–Trinajstić information content (AvgIpc) is 2.84. The van der Waals surface area contributed by atoms with Gasteiger partial charge in [0.25, 0.3) is 0 Å². The van der Waals surface area contributed by atoms with E-state index >= 15 is 0 Å². The average molecular weight is 308 g/mol. The fraction of sp³-hybridized carbons (Fsp3) is 0.500. The minimum atomic E-state index is 0.146. The summed E-state index contributed by atoms with van der Waals surface area (Å²) in [6, 6.07) is 6.03. The Labute approximate surface area is 130 Å². The van der Waals surface area contributed by atoms with Crippen molar-refractivity contribution in [3.63, 3.8) is 0 Å². The van der Waals surface area contributed by atoms with Crippen LogP contribution in [-0.4, -0.2) is 53.9 Å². The standard InChI is InChI=1S/C16H22ClN3O/c17-14-1-2-15-13(3-6-19-7-4-18-5-8-19)12-20(9-10-21)16(15)11-14/h1-2,11-12,18,21H,3-10H2. The zero-order valence-electron chi connectivity index (χ0n) is 12.2. The second-order valence-electron chi connectivity index (χ2n) is 5.57. The molecule has 21 heavy (non-hydrogen) atoms. The van der Waals surface area contributed by atoms with Crippen LogP contribution in [0.4, 0.5) is 0 Å². The molecule has 1 aromatic heterocycles. The molecule has 4 nitrogen and oxygen atoms in total. The zero-order valence-corrected chi connectivity index (χ0v) is 12.9. The molecule has 5 heteroatoms. The lowest BCUT2D eigenvalue weighted by Gasteiger charge is -2.26. The maximum atomic E-state index is 9.22. The number of nitrogens with one attached hydrogen (secondary N) is 1. The Bertz CT molecular complexity index is 605. The quantitative estimate of drug-likeness (QED) is 0.884. The fourth-order valence-electron chi connectivity index (χ4n) is 3.05. The highest BCUT2D eigenvalue weighted by atomic mass is 35.5. The van der Waals surface area contributed by atoms with Gasteiger partial charge in [0, 0.05) is 61.4 Å². The van der Waals surface area contributed by atoms with Crippen molar-refractivity contribution in [2.75, 3.05) is 39.3 Å². The minimum Gasteiger partial charge on any atom is -0.395 e. The number of hydrogen-bond donors (Lipinski definition) is 2. The van der Waals surface area contributed by atoms with Crippen molar-refractivity contribution in [2.45, 2.75) is 13.0 Å². The molecule has 2 aromatic rings. The number of fused-ring (bicyclic) bond motifs is 1. The van der Waals surface area contributed by atoms with E-state index in [2.05, 4.69) is 27.0 Å². The molecule has 0 atom stereocenters. The van der Waals surface area contributed by atoms with Crippen molar-refractivity contribution < 1.29 is 5.11 Å². The monoisotopic (exact) mass is 307 g/mol. The highest BCUT2D eigenvalue weighted by molar-refractivity contribution is 6.31. The molecule has 2 N–H and O–H groups in total. The normalized spacial score (nSPS) is 16.7. The lowest BCUT2D eigenvalue weighted by molar-refractivity contribution is 0.244. The van der Waals surface area contributed by atoms with Crippen LogP contribution in [0.5, 0.6) is 0 Å². The van der Waals surface area contributed by atoms with E-state index in [1.807, 2.05) is 12.1 Å². The van der Waals surface area contributed by atoms with Gasteiger partial charge in [0.05, 0.1) is 6.61 Å². The number of halogens is 1. The Morgan fingerprint density at radius 2 is 2.00 bits per heavy atom. The summed E-state index contributed by atoms with van der Waals surface area (Å²) in [4.78, 5) is 2.50. The van der Waals surface area contributed by atoms with Crippen LogP contribution in [0.1, 0.15) is 5.56 Å². The van der Waals surface area contributed by atoms with Gasteiger partial charge in [-0.15, -0.1) is 0 Å². The van der Waals surface area contributed by atoms with Crippen LogP contribution in [0, 0.1) is 0 Å². The maximum Gasteiger partial charge on any atom is 0.0610 e. The summed E-state index contributed by atoms with van der Waals surface area (Å²) in [7, 11) is 0. The Kier molecular flexibility index (Phi) is 4.80. The number of aliphatic hydroxyl groups is 1. The Hall–Kier alpha value is -1.07. The Balaban J connectivity index is 1.80. The number of aliphatic hydroxyl groups excluding tert-OH is 1. The molecule has 2 heterocycles. The Morgan fingerprint density at radius 1 is 1.19 bits per heavy atom. The van der Waals surface area contributed by atoms with E-state index in [1.165, 1.54) is 10.9 Å². The van der Waals surface area contributed by atoms with Crippen molar-refractivity contribution in [3.8, 4) is 0 Å². The minimum absolute atomic E-state index is 0.146. The van der Waals surface area contributed by atoms with Crippen molar-refractivity contribution in [1.82, 2.24) is 14.8 Å². The van der Waals surface area contributed by atoms with Crippen LogP contribution in [0.2, 0.25) is 5.02 Å². The second kappa shape index (κ2) is 6.79. The van der Waals surface area contributed by atoms with Crippen molar-refractivity contribution in [3.05, 3.63) is 35.0 Å². The van der Waals surface area contributed by atoms with Crippen molar-refractivity contribution in [1.29, 1.82) is 0 Å². The van der Waals surface area contributed by atoms with Gasteiger partial charge in [-0.3, -0.25) is 0 Å². The summed E-state index contributed by atoms with van der Waals surface area (Å²) in [6.07, 6.45) is 3.20. The third-order valence-electron chi connectivity index (χ3n) is 4.17. The molecule has 0 unspecified atom stereocenters. The molecule has 1 saturated heterocycles. The summed E-state index contributed by atoms with van der Waals surface area (Å²) >= 11 is 6.11. The van der Waals surface area contributed by atoms with E-state index in [1.54, 1.807) is 0 Å². The van der Waals surface area contributed by atoms with Gasteiger partial charge in [-0.25, -0.2) is 0 Å². The third kappa shape index (κ3) is 3.40. The maximum absolute atomic E-state index is 9.22. The number of aromatic nitrogens is 1. The molecule has 0 saturated carbocycles. The van der Waals surface area contributed by atoms with Gasteiger partial charge < -0.3 is 19.9 Å². The lowest BCUT2D eigenvalue weighted by Crippen LogP contribution is -2.44.